The van der Waals surface area contributed by atoms with E-state index in [0.717, 1.165) is 27.6 Å². The van der Waals surface area contributed by atoms with E-state index in [1.807, 2.05) is 29.7 Å². The predicted molar refractivity (Wildman–Crippen MR) is 136 cm³/mol. The highest BCUT2D eigenvalue weighted by molar-refractivity contribution is 6.06. The molecule has 4 aromatic rings. The number of hydrogen-bond acceptors (Lipinski definition) is 3. The number of fused-ring (bicyclic) bond motifs is 1. The summed E-state index contributed by atoms with van der Waals surface area (Å²) in [5, 5.41) is 6.57. The summed E-state index contributed by atoms with van der Waals surface area (Å²) in [7, 11) is 1.59. The lowest BCUT2D eigenvalue weighted by molar-refractivity contribution is 0.0928. The van der Waals surface area contributed by atoms with Gasteiger partial charge in [-0.2, -0.15) is 0 Å². The lowest BCUT2D eigenvalue weighted by Crippen LogP contribution is -2.29. The fraction of sp³-hybridized carbons (Fsp3) is 0.214. The monoisotopic (exact) mass is 473 g/mol. The molecule has 2 amide bonds. The van der Waals surface area contributed by atoms with Crippen molar-refractivity contribution in [2.45, 2.75) is 20.4 Å². The number of nitrogens with one attached hydrogen (secondary N) is 2. The van der Waals surface area contributed by atoms with Crippen molar-refractivity contribution in [1.82, 2.24) is 9.88 Å². The average molecular weight is 474 g/mol. The van der Waals surface area contributed by atoms with Crippen LogP contribution < -0.4 is 10.6 Å². The minimum Gasteiger partial charge on any atom is -0.383 e. The number of carbonyl (C=O) groups is 2. The van der Waals surface area contributed by atoms with E-state index in [1.165, 1.54) is 24.3 Å². The van der Waals surface area contributed by atoms with Crippen LogP contribution in [0.3, 0.4) is 0 Å². The topological polar surface area (TPSA) is 72.4 Å². The van der Waals surface area contributed by atoms with Gasteiger partial charge in [0.05, 0.1) is 6.61 Å². The number of aryl methyl sites for hydroxylation is 2. The van der Waals surface area contributed by atoms with Crippen LogP contribution in [0.2, 0.25) is 0 Å². The van der Waals surface area contributed by atoms with Gasteiger partial charge in [-0.25, -0.2) is 4.39 Å². The first-order valence-corrected chi connectivity index (χ1v) is 11.4. The highest BCUT2D eigenvalue weighted by atomic mass is 19.1. The zero-order valence-electron chi connectivity index (χ0n) is 20.0. The molecule has 0 bridgehead atoms. The van der Waals surface area contributed by atoms with E-state index in [4.69, 9.17) is 4.74 Å². The molecule has 1 aromatic heterocycles. The molecule has 7 heteroatoms. The summed E-state index contributed by atoms with van der Waals surface area (Å²) in [6.07, 6.45) is 0. The number of methoxy groups -OCH3 is 1. The third-order valence-electron chi connectivity index (χ3n) is 5.92. The molecule has 180 valence electrons. The molecular weight excluding hydrogens is 445 g/mol. The fourth-order valence-electron chi connectivity index (χ4n) is 4.01. The Morgan fingerprint density at radius 2 is 1.71 bits per heavy atom. The van der Waals surface area contributed by atoms with Crippen molar-refractivity contribution in [2.24, 2.45) is 0 Å². The summed E-state index contributed by atoms with van der Waals surface area (Å²) in [6.45, 7) is 5.46. The number of benzene rings is 3. The summed E-state index contributed by atoms with van der Waals surface area (Å²) in [4.78, 5) is 25.6. The van der Waals surface area contributed by atoms with Crippen molar-refractivity contribution in [3.63, 3.8) is 0 Å². The quantitative estimate of drug-likeness (QED) is 0.351. The number of anilines is 1. The van der Waals surface area contributed by atoms with Crippen LogP contribution in [-0.2, 0) is 11.3 Å². The summed E-state index contributed by atoms with van der Waals surface area (Å²) in [5.41, 5.74) is 5.77. The maximum Gasteiger partial charge on any atom is 0.268 e. The Bertz CT molecular complexity index is 1380. The second-order valence-corrected chi connectivity index (χ2v) is 8.53. The largest absolute Gasteiger partial charge is 0.383 e. The third-order valence-corrected chi connectivity index (χ3v) is 5.92. The highest BCUT2D eigenvalue weighted by Gasteiger charge is 2.17. The first kappa shape index (κ1) is 24.2. The van der Waals surface area contributed by atoms with E-state index >= 15 is 0 Å². The first-order chi connectivity index (χ1) is 16.9. The zero-order valence-corrected chi connectivity index (χ0v) is 20.0. The van der Waals surface area contributed by atoms with Gasteiger partial charge in [0, 0.05) is 42.4 Å². The number of ether oxygens (including phenoxy) is 1. The van der Waals surface area contributed by atoms with Crippen LogP contribution in [0.25, 0.3) is 10.9 Å². The van der Waals surface area contributed by atoms with Crippen molar-refractivity contribution >= 4 is 28.4 Å². The van der Waals surface area contributed by atoms with E-state index in [1.54, 1.807) is 13.2 Å². The van der Waals surface area contributed by atoms with Crippen molar-refractivity contribution < 1.29 is 18.7 Å². The number of halogens is 1. The van der Waals surface area contributed by atoms with Crippen LogP contribution >= 0.6 is 0 Å². The molecule has 0 spiro atoms. The van der Waals surface area contributed by atoms with Crippen LogP contribution in [0.15, 0.2) is 66.7 Å². The van der Waals surface area contributed by atoms with Crippen LogP contribution in [0.1, 0.15) is 37.5 Å². The van der Waals surface area contributed by atoms with E-state index in [2.05, 4.69) is 35.8 Å². The molecule has 6 nitrogen and oxygen atoms in total. The van der Waals surface area contributed by atoms with E-state index in [-0.39, 0.29) is 11.8 Å². The normalized spacial score (nSPS) is 11.0. The van der Waals surface area contributed by atoms with Gasteiger partial charge in [-0.3, -0.25) is 9.59 Å². The Labute approximate surface area is 203 Å². The van der Waals surface area contributed by atoms with E-state index in [9.17, 15) is 14.0 Å². The van der Waals surface area contributed by atoms with Gasteiger partial charge in [0.15, 0.2) is 0 Å². The number of rotatable bonds is 8. The molecule has 0 aliphatic carbocycles. The molecule has 2 N–H and O–H groups in total. The first-order valence-electron chi connectivity index (χ1n) is 11.4. The molecule has 35 heavy (non-hydrogen) atoms. The smallest absolute Gasteiger partial charge is 0.268 e. The zero-order chi connectivity index (χ0) is 24.9. The standard InChI is InChI=1S/C28H28FN3O3/c1-18-4-5-19(2)22(14-18)17-32-25-11-10-24(31-27(33)20-6-8-23(29)9-7-20)15-21(25)16-26(32)28(34)30-12-13-35-3/h4-11,14-16H,12-13,17H2,1-3H3,(H,30,34)(H,31,33). The molecule has 0 radical (unpaired) electrons. The minimum absolute atomic E-state index is 0.194. The number of aromatic nitrogens is 1. The molecule has 0 fully saturated rings. The molecular formula is C28H28FN3O3. The summed E-state index contributed by atoms with van der Waals surface area (Å²) in [5.74, 6) is -0.929. The van der Waals surface area contributed by atoms with Crippen LogP contribution in [0.4, 0.5) is 10.1 Å². The molecule has 3 aromatic carbocycles. The second-order valence-electron chi connectivity index (χ2n) is 8.53. The Balaban J connectivity index is 1.69. The molecule has 0 aliphatic rings. The van der Waals surface area contributed by atoms with Gasteiger partial charge in [0.2, 0.25) is 0 Å². The number of amides is 2. The van der Waals surface area contributed by atoms with Gasteiger partial charge < -0.3 is 19.9 Å². The van der Waals surface area contributed by atoms with Crippen LogP contribution in [-0.4, -0.2) is 36.6 Å². The van der Waals surface area contributed by atoms with Gasteiger partial charge in [0.1, 0.15) is 11.5 Å². The van der Waals surface area contributed by atoms with Crippen molar-refractivity contribution in [3.8, 4) is 0 Å². The van der Waals surface area contributed by atoms with Gasteiger partial charge >= 0.3 is 0 Å². The van der Waals surface area contributed by atoms with Gasteiger partial charge in [-0.1, -0.05) is 23.8 Å². The van der Waals surface area contributed by atoms with Crippen molar-refractivity contribution in [3.05, 3.63) is 100 Å². The fourth-order valence-corrected chi connectivity index (χ4v) is 4.01. The van der Waals surface area contributed by atoms with Gasteiger partial charge in [0.25, 0.3) is 11.8 Å². The van der Waals surface area contributed by atoms with Gasteiger partial charge in [-0.05, 0) is 73.5 Å². The predicted octanol–water partition coefficient (Wildman–Crippen LogP) is 5.07. The Hall–Kier alpha value is -3.97. The van der Waals surface area contributed by atoms with Crippen LogP contribution in [0, 0.1) is 19.7 Å². The number of hydrogen-bond donors (Lipinski definition) is 2. The number of nitrogens with zero attached hydrogens (tertiary/aromatic N) is 1. The van der Waals surface area contributed by atoms with E-state index < -0.39 is 5.82 Å². The Morgan fingerprint density at radius 3 is 2.46 bits per heavy atom. The molecule has 0 saturated heterocycles. The maximum absolute atomic E-state index is 13.2. The van der Waals surface area contributed by atoms with Crippen molar-refractivity contribution in [2.75, 3.05) is 25.6 Å². The average Bonchev–Trinajstić information content (AvgIpc) is 3.19. The summed E-state index contributed by atoms with van der Waals surface area (Å²) in [6, 6.07) is 19.0. The molecule has 0 saturated carbocycles. The number of carbonyl (C=O) groups excluding carboxylic acids is 2. The lowest BCUT2D eigenvalue weighted by atomic mass is 10.1. The van der Waals surface area contributed by atoms with Crippen molar-refractivity contribution in [1.29, 1.82) is 0 Å². The minimum atomic E-state index is -0.399. The second kappa shape index (κ2) is 10.5. The lowest BCUT2D eigenvalue weighted by Gasteiger charge is -2.14. The Kier molecular flexibility index (Phi) is 7.27. The summed E-state index contributed by atoms with van der Waals surface area (Å²) >= 11 is 0. The molecule has 0 atom stereocenters. The van der Waals surface area contributed by atoms with Crippen LogP contribution in [0.5, 0.6) is 0 Å². The molecule has 4 rings (SSSR count). The SMILES string of the molecule is COCCNC(=O)c1cc2cc(NC(=O)c3ccc(F)cc3)ccc2n1Cc1cc(C)ccc1C. The molecule has 1 heterocycles. The molecule has 0 unspecified atom stereocenters. The van der Waals surface area contributed by atoms with E-state index in [0.29, 0.717) is 36.6 Å². The highest BCUT2D eigenvalue weighted by Crippen LogP contribution is 2.26. The third kappa shape index (κ3) is 5.58. The maximum atomic E-state index is 13.2. The molecule has 0 aliphatic heterocycles. The van der Waals surface area contributed by atoms with Gasteiger partial charge in [-0.15, -0.1) is 0 Å². The summed E-state index contributed by atoms with van der Waals surface area (Å²) < 4.78 is 20.2. The Morgan fingerprint density at radius 1 is 0.943 bits per heavy atom.